The summed E-state index contributed by atoms with van der Waals surface area (Å²) >= 11 is 0. The highest BCUT2D eigenvalue weighted by atomic mass is 15.3. The van der Waals surface area contributed by atoms with Crippen LogP contribution >= 0.6 is 0 Å². The van der Waals surface area contributed by atoms with Crippen LogP contribution in [0, 0.1) is 0 Å². The monoisotopic (exact) mass is 212 g/mol. The molecular formula is C13H28N2. The summed E-state index contributed by atoms with van der Waals surface area (Å²) in [5.74, 6) is 0. The summed E-state index contributed by atoms with van der Waals surface area (Å²) in [6, 6.07) is 0. The largest absolute Gasteiger partial charge is 0.304 e. The van der Waals surface area contributed by atoms with Gasteiger partial charge < -0.3 is 4.90 Å². The van der Waals surface area contributed by atoms with E-state index in [4.69, 9.17) is 0 Å². The van der Waals surface area contributed by atoms with E-state index in [-0.39, 0.29) is 0 Å². The molecule has 0 bridgehead atoms. The van der Waals surface area contributed by atoms with Gasteiger partial charge in [0.2, 0.25) is 0 Å². The van der Waals surface area contributed by atoms with E-state index in [9.17, 15) is 0 Å². The molecule has 1 aliphatic heterocycles. The van der Waals surface area contributed by atoms with Crippen LogP contribution in [0.2, 0.25) is 0 Å². The summed E-state index contributed by atoms with van der Waals surface area (Å²) in [4.78, 5) is 5.16. The van der Waals surface area contributed by atoms with Crippen LogP contribution in [-0.4, -0.2) is 48.6 Å². The number of piperazine rings is 1. The molecule has 0 N–H and O–H groups in total. The minimum atomic E-state index is 0.463. The lowest BCUT2D eigenvalue weighted by Gasteiger charge is -2.45. The van der Waals surface area contributed by atoms with Gasteiger partial charge in [0, 0.05) is 31.7 Å². The van der Waals surface area contributed by atoms with Crippen molar-refractivity contribution in [2.75, 3.05) is 33.2 Å². The van der Waals surface area contributed by atoms with Crippen LogP contribution in [0.5, 0.6) is 0 Å². The molecule has 0 amide bonds. The molecule has 0 atom stereocenters. The quantitative estimate of drug-likeness (QED) is 0.691. The van der Waals surface area contributed by atoms with Crippen LogP contribution in [0.25, 0.3) is 0 Å². The Balaban J connectivity index is 2.55. The summed E-state index contributed by atoms with van der Waals surface area (Å²) in [5, 5.41) is 0. The Morgan fingerprint density at radius 1 is 0.933 bits per heavy atom. The van der Waals surface area contributed by atoms with E-state index in [1.54, 1.807) is 0 Å². The summed E-state index contributed by atoms with van der Waals surface area (Å²) in [7, 11) is 2.23. The Bertz CT molecular complexity index is 165. The molecule has 0 aromatic carbocycles. The van der Waals surface area contributed by atoms with Gasteiger partial charge in [0.1, 0.15) is 0 Å². The maximum absolute atomic E-state index is 2.72. The van der Waals surface area contributed by atoms with Gasteiger partial charge in [-0.2, -0.15) is 0 Å². The molecule has 15 heavy (non-hydrogen) atoms. The molecule has 0 spiro atoms. The van der Waals surface area contributed by atoms with E-state index in [1.807, 2.05) is 0 Å². The summed E-state index contributed by atoms with van der Waals surface area (Å²) < 4.78 is 0. The molecule has 0 unspecified atom stereocenters. The van der Waals surface area contributed by atoms with E-state index >= 15 is 0 Å². The molecule has 0 aromatic heterocycles. The van der Waals surface area contributed by atoms with Crippen molar-refractivity contribution in [1.82, 2.24) is 9.80 Å². The summed E-state index contributed by atoms with van der Waals surface area (Å²) in [6.07, 6.45) is 5.32. The fourth-order valence-corrected chi connectivity index (χ4v) is 2.86. The van der Waals surface area contributed by atoms with Crippen LogP contribution in [0.15, 0.2) is 0 Å². The average molecular weight is 212 g/mol. The van der Waals surface area contributed by atoms with Crippen molar-refractivity contribution in [3.05, 3.63) is 0 Å². The van der Waals surface area contributed by atoms with Crippen molar-refractivity contribution < 1.29 is 0 Å². The van der Waals surface area contributed by atoms with Gasteiger partial charge in [-0.1, -0.05) is 26.7 Å². The highest BCUT2D eigenvalue weighted by Gasteiger charge is 2.31. The normalized spacial score (nSPS) is 20.8. The molecular weight excluding hydrogens is 184 g/mol. The molecule has 2 nitrogen and oxygen atoms in total. The average Bonchev–Trinajstić information content (AvgIpc) is 2.19. The molecule has 1 rings (SSSR count). The Labute approximate surface area is 95.6 Å². The van der Waals surface area contributed by atoms with Crippen LogP contribution in [0.1, 0.15) is 46.5 Å². The molecule has 1 heterocycles. The number of rotatable bonds is 5. The molecule has 1 fully saturated rings. The van der Waals surface area contributed by atoms with Crippen LogP contribution in [-0.2, 0) is 0 Å². The van der Waals surface area contributed by atoms with E-state index in [0.29, 0.717) is 5.54 Å². The highest BCUT2D eigenvalue weighted by molar-refractivity contribution is 4.88. The van der Waals surface area contributed by atoms with Crippen LogP contribution < -0.4 is 0 Å². The van der Waals surface area contributed by atoms with Gasteiger partial charge in [-0.05, 0) is 26.8 Å². The molecule has 0 radical (unpaired) electrons. The summed E-state index contributed by atoms with van der Waals surface area (Å²) in [5.41, 5.74) is 0.463. The molecule has 0 saturated carbocycles. The van der Waals surface area contributed by atoms with Crippen LogP contribution in [0.4, 0.5) is 0 Å². The molecule has 90 valence electrons. The van der Waals surface area contributed by atoms with Crippen molar-refractivity contribution >= 4 is 0 Å². The number of likely N-dealkylation sites (N-methyl/N-ethyl adjacent to an activating group) is 1. The molecule has 0 aliphatic carbocycles. The first-order chi connectivity index (χ1) is 7.12. The lowest BCUT2D eigenvalue weighted by molar-refractivity contribution is 0.0381. The Kier molecular flexibility index (Phi) is 5.07. The second-order valence-electron chi connectivity index (χ2n) is 5.29. The van der Waals surface area contributed by atoms with Gasteiger partial charge in [-0.15, -0.1) is 0 Å². The van der Waals surface area contributed by atoms with Crippen molar-refractivity contribution in [3.63, 3.8) is 0 Å². The standard InChI is InChI=1S/C13H28N2/c1-5-7-13(3,8-6-2)15-11-9-14(4)10-12-15/h5-12H2,1-4H3. The number of nitrogens with zero attached hydrogens (tertiary/aromatic N) is 2. The molecule has 0 aromatic rings. The lowest BCUT2D eigenvalue weighted by atomic mass is 9.88. The van der Waals surface area contributed by atoms with Gasteiger partial charge in [-0.25, -0.2) is 0 Å². The summed E-state index contributed by atoms with van der Waals surface area (Å²) in [6.45, 7) is 12.1. The SMILES string of the molecule is CCCC(C)(CCC)N1CCN(C)CC1. The van der Waals surface area contributed by atoms with Gasteiger partial charge in [0.15, 0.2) is 0 Å². The predicted octanol–water partition coefficient (Wildman–Crippen LogP) is 2.59. The first-order valence-electron chi connectivity index (χ1n) is 6.56. The second-order valence-corrected chi connectivity index (χ2v) is 5.29. The minimum absolute atomic E-state index is 0.463. The zero-order chi connectivity index (χ0) is 11.3. The minimum Gasteiger partial charge on any atom is -0.304 e. The molecule has 1 saturated heterocycles. The Hall–Kier alpha value is -0.0800. The van der Waals surface area contributed by atoms with Crippen molar-refractivity contribution in [2.45, 2.75) is 52.0 Å². The van der Waals surface area contributed by atoms with Gasteiger partial charge in [0.25, 0.3) is 0 Å². The third-order valence-corrected chi connectivity index (χ3v) is 3.84. The van der Waals surface area contributed by atoms with Gasteiger partial charge in [0.05, 0.1) is 0 Å². The maximum Gasteiger partial charge on any atom is 0.0182 e. The zero-order valence-corrected chi connectivity index (χ0v) is 11.1. The van der Waals surface area contributed by atoms with Crippen molar-refractivity contribution in [3.8, 4) is 0 Å². The Morgan fingerprint density at radius 3 is 1.80 bits per heavy atom. The number of hydrogen-bond donors (Lipinski definition) is 0. The predicted molar refractivity (Wildman–Crippen MR) is 67.3 cm³/mol. The van der Waals surface area contributed by atoms with E-state index in [1.165, 1.54) is 51.9 Å². The Morgan fingerprint density at radius 2 is 1.40 bits per heavy atom. The fraction of sp³-hybridized carbons (Fsp3) is 1.00. The number of hydrogen-bond acceptors (Lipinski definition) is 2. The second kappa shape index (κ2) is 5.86. The fourth-order valence-electron chi connectivity index (χ4n) is 2.86. The smallest absolute Gasteiger partial charge is 0.0182 e. The zero-order valence-electron chi connectivity index (χ0n) is 11.1. The van der Waals surface area contributed by atoms with Crippen LogP contribution in [0.3, 0.4) is 0 Å². The van der Waals surface area contributed by atoms with Gasteiger partial charge in [-0.3, -0.25) is 4.90 Å². The van der Waals surface area contributed by atoms with Crippen molar-refractivity contribution in [1.29, 1.82) is 0 Å². The molecule has 2 heteroatoms. The van der Waals surface area contributed by atoms with Crippen molar-refractivity contribution in [2.24, 2.45) is 0 Å². The van der Waals surface area contributed by atoms with Gasteiger partial charge >= 0.3 is 0 Å². The third kappa shape index (κ3) is 3.46. The first kappa shape index (κ1) is 13.0. The maximum atomic E-state index is 2.72. The third-order valence-electron chi connectivity index (χ3n) is 3.84. The lowest BCUT2D eigenvalue weighted by Crippen LogP contribution is -2.55. The van der Waals surface area contributed by atoms with E-state index < -0.39 is 0 Å². The van der Waals surface area contributed by atoms with E-state index in [0.717, 1.165) is 0 Å². The topological polar surface area (TPSA) is 6.48 Å². The van der Waals surface area contributed by atoms with E-state index in [2.05, 4.69) is 37.6 Å². The molecule has 1 aliphatic rings. The highest BCUT2D eigenvalue weighted by Crippen LogP contribution is 2.27. The first-order valence-corrected chi connectivity index (χ1v) is 6.56.